The summed E-state index contributed by atoms with van der Waals surface area (Å²) in [5.74, 6) is 0.894. The topological polar surface area (TPSA) is 91.7 Å². The van der Waals surface area contributed by atoms with E-state index in [9.17, 15) is 13.2 Å². The van der Waals surface area contributed by atoms with Crippen LogP contribution in [0.5, 0.6) is 0 Å². The van der Waals surface area contributed by atoms with Gasteiger partial charge in [-0.3, -0.25) is 0 Å². The largest absolute Gasteiger partial charge is 0.444 e. The Hall–Kier alpha value is -3.56. The van der Waals surface area contributed by atoms with Gasteiger partial charge < -0.3 is 20.0 Å². The van der Waals surface area contributed by atoms with E-state index in [4.69, 9.17) is 4.42 Å². The van der Waals surface area contributed by atoms with Gasteiger partial charge in [0.1, 0.15) is 18.0 Å². The molecule has 0 saturated heterocycles. The Bertz CT molecular complexity index is 1040. The predicted octanol–water partition coefficient (Wildman–Crippen LogP) is 4.33. The Labute approximate surface area is 150 Å². The standard InChI is InChI=1S/C17H13F3N6O/c18-17(19,20)8-23-15-12-5-6-22-14(12)25-16(26-15)24-11-3-1-10(2-4-11)13-7-21-9-27-13/h1-7,9H,8H2,(H3,22,23,24,25,26). The number of hydrogen-bond acceptors (Lipinski definition) is 6. The zero-order valence-electron chi connectivity index (χ0n) is 13.7. The van der Waals surface area contributed by atoms with Gasteiger partial charge >= 0.3 is 6.18 Å². The monoisotopic (exact) mass is 374 g/mol. The zero-order chi connectivity index (χ0) is 18.9. The van der Waals surface area contributed by atoms with Crippen molar-refractivity contribution in [1.29, 1.82) is 0 Å². The Morgan fingerprint density at radius 2 is 1.89 bits per heavy atom. The maximum atomic E-state index is 12.5. The van der Waals surface area contributed by atoms with Crippen LogP contribution in [-0.4, -0.2) is 32.7 Å². The van der Waals surface area contributed by atoms with Crippen molar-refractivity contribution >= 4 is 28.5 Å². The third kappa shape index (κ3) is 3.84. The minimum atomic E-state index is -4.35. The molecule has 7 nitrogen and oxygen atoms in total. The highest BCUT2D eigenvalue weighted by Crippen LogP contribution is 2.26. The van der Waals surface area contributed by atoms with E-state index in [1.165, 1.54) is 6.39 Å². The molecular formula is C17H13F3N6O. The van der Waals surface area contributed by atoms with E-state index in [0.717, 1.165) is 5.56 Å². The van der Waals surface area contributed by atoms with Crippen LogP contribution in [-0.2, 0) is 0 Å². The second-order valence-corrected chi connectivity index (χ2v) is 5.67. The van der Waals surface area contributed by atoms with Crippen molar-refractivity contribution in [2.24, 2.45) is 0 Å². The van der Waals surface area contributed by atoms with Gasteiger partial charge in [-0.15, -0.1) is 0 Å². The first-order valence-electron chi connectivity index (χ1n) is 7.90. The van der Waals surface area contributed by atoms with Gasteiger partial charge in [-0.2, -0.15) is 23.1 Å². The number of benzene rings is 1. The maximum absolute atomic E-state index is 12.5. The molecule has 0 aliphatic rings. The Balaban J connectivity index is 1.58. The molecule has 0 aliphatic carbocycles. The molecule has 3 N–H and O–H groups in total. The molecule has 0 radical (unpaired) electrons. The lowest BCUT2D eigenvalue weighted by molar-refractivity contribution is -0.115. The summed E-state index contributed by atoms with van der Waals surface area (Å²) in [5.41, 5.74) is 1.94. The fourth-order valence-corrected chi connectivity index (χ4v) is 2.52. The molecule has 0 unspecified atom stereocenters. The number of nitrogens with one attached hydrogen (secondary N) is 3. The molecule has 4 aromatic rings. The molecule has 0 saturated carbocycles. The molecule has 0 spiro atoms. The number of anilines is 3. The van der Waals surface area contributed by atoms with Crippen molar-refractivity contribution < 1.29 is 17.6 Å². The molecule has 3 heterocycles. The number of alkyl halides is 3. The smallest absolute Gasteiger partial charge is 0.405 e. The molecular weight excluding hydrogens is 361 g/mol. The van der Waals surface area contributed by atoms with Crippen LogP contribution in [0.25, 0.3) is 22.4 Å². The normalized spacial score (nSPS) is 11.7. The molecule has 0 amide bonds. The summed E-state index contributed by atoms with van der Waals surface area (Å²) in [6, 6.07) is 8.81. The number of nitrogens with zero attached hydrogens (tertiary/aromatic N) is 3. The fraction of sp³-hybridized carbons (Fsp3) is 0.118. The van der Waals surface area contributed by atoms with Gasteiger partial charge in [-0.05, 0) is 30.3 Å². The Morgan fingerprint density at radius 1 is 1.07 bits per heavy atom. The number of rotatable bonds is 5. The second-order valence-electron chi connectivity index (χ2n) is 5.67. The number of aromatic nitrogens is 4. The summed E-state index contributed by atoms with van der Waals surface area (Å²) < 4.78 is 42.8. The van der Waals surface area contributed by atoms with Crippen LogP contribution in [0.1, 0.15) is 0 Å². The predicted molar refractivity (Wildman–Crippen MR) is 93.7 cm³/mol. The lowest BCUT2D eigenvalue weighted by atomic mass is 10.2. The van der Waals surface area contributed by atoms with Gasteiger partial charge in [0.25, 0.3) is 0 Å². The highest BCUT2D eigenvalue weighted by molar-refractivity contribution is 5.88. The first kappa shape index (κ1) is 16.9. The van der Waals surface area contributed by atoms with E-state index in [0.29, 0.717) is 22.5 Å². The molecule has 3 aromatic heterocycles. The lowest BCUT2D eigenvalue weighted by Gasteiger charge is -2.12. The minimum Gasteiger partial charge on any atom is -0.444 e. The van der Waals surface area contributed by atoms with E-state index in [-0.39, 0.29) is 11.8 Å². The van der Waals surface area contributed by atoms with Gasteiger partial charge in [-0.1, -0.05) is 0 Å². The molecule has 0 aliphatic heterocycles. The zero-order valence-corrected chi connectivity index (χ0v) is 13.7. The van der Waals surface area contributed by atoms with Crippen LogP contribution in [0.2, 0.25) is 0 Å². The van der Waals surface area contributed by atoms with Gasteiger partial charge in [0.2, 0.25) is 5.95 Å². The van der Waals surface area contributed by atoms with Crippen molar-refractivity contribution in [2.75, 3.05) is 17.2 Å². The van der Waals surface area contributed by atoms with Crippen molar-refractivity contribution in [3.63, 3.8) is 0 Å². The highest BCUT2D eigenvalue weighted by Gasteiger charge is 2.27. The van der Waals surface area contributed by atoms with Gasteiger partial charge in [-0.25, -0.2) is 4.98 Å². The van der Waals surface area contributed by atoms with Crippen molar-refractivity contribution in [1.82, 2.24) is 19.9 Å². The number of H-pyrrole nitrogens is 1. The maximum Gasteiger partial charge on any atom is 0.405 e. The van der Waals surface area contributed by atoms with Crippen LogP contribution in [0, 0.1) is 0 Å². The summed E-state index contributed by atoms with van der Waals surface area (Å²) in [5, 5.41) is 5.78. The van der Waals surface area contributed by atoms with Gasteiger partial charge in [0.15, 0.2) is 12.2 Å². The van der Waals surface area contributed by atoms with E-state index >= 15 is 0 Å². The van der Waals surface area contributed by atoms with E-state index in [2.05, 4.69) is 30.6 Å². The molecule has 10 heteroatoms. The Kier molecular flexibility index (Phi) is 4.15. The molecule has 138 valence electrons. The number of aromatic amines is 1. The average Bonchev–Trinajstić information content (AvgIpc) is 3.31. The van der Waals surface area contributed by atoms with E-state index in [1.54, 1.807) is 30.6 Å². The molecule has 0 bridgehead atoms. The van der Waals surface area contributed by atoms with Crippen molar-refractivity contribution in [3.05, 3.63) is 49.1 Å². The second kappa shape index (κ2) is 6.63. The van der Waals surface area contributed by atoms with Crippen LogP contribution in [0.3, 0.4) is 0 Å². The van der Waals surface area contributed by atoms with Crippen molar-refractivity contribution in [3.8, 4) is 11.3 Å². The minimum absolute atomic E-state index is 0.0966. The first-order chi connectivity index (χ1) is 13.0. The quantitative estimate of drug-likeness (QED) is 0.482. The SMILES string of the molecule is FC(F)(F)CNc1nc(Nc2ccc(-c3cnco3)cc2)nc2[nH]ccc12. The number of fused-ring (bicyclic) bond motifs is 1. The highest BCUT2D eigenvalue weighted by atomic mass is 19.4. The van der Waals surface area contributed by atoms with Crippen LogP contribution < -0.4 is 10.6 Å². The molecule has 4 rings (SSSR count). The first-order valence-corrected chi connectivity index (χ1v) is 7.90. The molecule has 0 atom stereocenters. The van der Waals surface area contributed by atoms with E-state index in [1.807, 2.05) is 12.1 Å². The lowest BCUT2D eigenvalue weighted by Crippen LogP contribution is -2.22. The van der Waals surface area contributed by atoms with Gasteiger partial charge in [0.05, 0.1) is 11.6 Å². The average molecular weight is 374 g/mol. The number of oxazole rings is 1. The third-order valence-corrected chi connectivity index (χ3v) is 3.73. The van der Waals surface area contributed by atoms with Crippen molar-refractivity contribution in [2.45, 2.75) is 6.18 Å². The summed E-state index contributed by atoms with van der Waals surface area (Å²) in [6.45, 7) is -1.18. The van der Waals surface area contributed by atoms with Crippen LogP contribution >= 0.6 is 0 Å². The summed E-state index contributed by atoms with van der Waals surface area (Å²) in [7, 11) is 0. The van der Waals surface area contributed by atoms with Crippen LogP contribution in [0.4, 0.5) is 30.6 Å². The van der Waals surface area contributed by atoms with Crippen LogP contribution in [0.15, 0.2) is 53.5 Å². The van der Waals surface area contributed by atoms with Gasteiger partial charge in [0, 0.05) is 17.4 Å². The summed E-state index contributed by atoms with van der Waals surface area (Å²) in [4.78, 5) is 15.2. The molecule has 27 heavy (non-hydrogen) atoms. The summed E-state index contributed by atoms with van der Waals surface area (Å²) in [6.07, 6.45) is 0.186. The molecule has 1 aromatic carbocycles. The third-order valence-electron chi connectivity index (χ3n) is 3.73. The fourth-order valence-electron chi connectivity index (χ4n) is 2.52. The van der Waals surface area contributed by atoms with E-state index < -0.39 is 12.7 Å². The number of hydrogen-bond donors (Lipinski definition) is 3. The molecule has 0 fully saturated rings. The summed E-state index contributed by atoms with van der Waals surface area (Å²) >= 11 is 0. The Morgan fingerprint density at radius 3 is 2.59 bits per heavy atom. The number of halogens is 3.